The maximum Gasteiger partial charge on any atom is 0.328 e. The summed E-state index contributed by atoms with van der Waals surface area (Å²) in [6.07, 6.45) is 2.63. The Kier molecular flexibility index (Phi) is 4.30. The van der Waals surface area contributed by atoms with E-state index in [1.807, 2.05) is 30.5 Å². The number of rotatable bonds is 5. The number of hydrogen-bond acceptors (Lipinski definition) is 4. The molecule has 0 aliphatic carbocycles. The third-order valence-corrected chi connectivity index (χ3v) is 3.15. The number of ether oxygens (including phenoxy) is 1. The van der Waals surface area contributed by atoms with E-state index in [0.29, 0.717) is 12.4 Å². The minimum Gasteiger partial charge on any atom is -0.487 e. The monoisotopic (exact) mass is 275 g/mol. The average molecular weight is 275 g/mol. The molecule has 98 valence electrons. The number of aromatic nitrogens is 1. The van der Waals surface area contributed by atoms with Crippen molar-refractivity contribution in [2.24, 2.45) is 0 Å². The van der Waals surface area contributed by atoms with Crippen molar-refractivity contribution in [3.63, 3.8) is 0 Å². The van der Waals surface area contributed by atoms with Gasteiger partial charge in [-0.2, -0.15) is 0 Å². The average Bonchev–Trinajstić information content (AvgIpc) is 2.80. The van der Waals surface area contributed by atoms with E-state index in [4.69, 9.17) is 9.84 Å². The van der Waals surface area contributed by atoms with Gasteiger partial charge in [-0.3, -0.25) is 0 Å². The molecular weight excluding hydrogens is 262 g/mol. The molecule has 19 heavy (non-hydrogen) atoms. The molecule has 0 bridgehead atoms. The van der Waals surface area contributed by atoms with Gasteiger partial charge in [0.1, 0.15) is 12.4 Å². The fourth-order valence-electron chi connectivity index (χ4n) is 1.51. The third-order valence-electron chi connectivity index (χ3n) is 2.33. The standard InChI is InChI=1S/C14H13NO3S/c1-10-15-12(9-19-10)8-18-13-4-2-3-11(7-13)5-6-14(16)17/h2-7,9H,8H2,1H3,(H,16,17)/b6-5-. The molecule has 0 fully saturated rings. The van der Waals surface area contributed by atoms with Crippen LogP contribution in [0.25, 0.3) is 6.08 Å². The molecule has 0 aliphatic heterocycles. The van der Waals surface area contributed by atoms with Crippen molar-refractivity contribution >= 4 is 23.4 Å². The molecule has 0 aliphatic rings. The van der Waals surface area contributed by atoms with Gasteiger partial charge in [-0.25, -0.2) is 9.78 Å². The van der Waals surface area contributed by atoms with Crippen LogP contribution in [0.1, 0.15) is 16.3 Å². The number of hydrogen-bond donors (Lipinski definition) is 1. The number of aryl methyl sites for hydroxylation is 1. The Morgan fingerprint density at radius 2 is 2.37 bits per heavy atom. The van der Waals surface area contributed by atoms with Crippen molar-refractivity contribution in [1.29, 1.82) is 0 Å². The Bertz CT molecular complexity index is 604. The molecule has 2 aromatic rings. The van der Waals surface area contributed by atoms with Gasteiger partial charge in [-0.15, -0.1) is 11.3 Å². The summed E-state index contributed by atoms with van der Waals surface area (Å²) in [5.41, 5.74) is 1.68. The quantitative estimate of drug-likeness (QED) is 0.852. The minimum atomic E-state index is -0.968. The van der Waals surface area contributed by atoms with E-state index in [0.717, 1.165) is 22.3 Å². The van der Waals surface area contributed by atoms with Crippen LogP contribution in [0.2, 0.25) is 0 Å². The number of carboxylic acids is 1. The van der Waals surface area contributed by atoms with Gasteiger partial charge in [0.25, 0.3) is 0 Å². The highest BCUT2D eigenvalue weighted by molar-refractivity contribution is 7.09. The first-order valence-corrected chi connectivity index (χ1v) is 6.56. The summed E-state index contributed by atoms with van der Waals surface area (Å²) in [6, 6.07) is 7.26. The van der Waals surface area contributed by atoms with Gasteiger partial charge < -0.3 is 9.84 Å². The van der Waals surface area contributed by atoms with Gasteiger partial charge >= 0.3 is 5.97 Å². The van der Waals surface area contributed by atoms with Gasteiger partial charge in [0, 0.05) is 11.5 Å². The Labute approximate surface area is 115 Å². The summed E-state index contributed by atoms with van der Waals surface area (Å²) < 4.78 is 5.62. The number of thiazole rings is 1. The smallest absolute Gasteiger partial charge is 0.328 e. The molecule has 0 saturated carbocycles. The van der Waals surface area contributed by atoms with Crippen LogP contribution < -0.4 is 4.74 Å². The van der Waals surface area contributed by atoms with Crippen LogP contribution in [0, 0.1) is 6.92 Å². The Balaban J connectivity index is 2.00. The van der Waals surface area contributed by atoms with E-state index in [1.165, 1.54) is 6.08 Å². The first-order chi connectivity index (χ1) is 9.13. The number of carboxylic acid groups (broad SMARTS) is 1. The van der Waals surface area contributed by atoms with Crippen LogP contribution in [-0.2, 0) is 11.4 Å². The SMILES string of the molecule is Cc1nc(COc2cccc(/C=C\C(=O)O)c2)cs1. The van der Waals surface area contributed by atoms with E-state index < -0.39 is 5.97 Å². The molecule has 5 heteroatoms. The predicted octanol–water partition coefficient (Wildman–Crippen LogP) is 3.13. The van der Waals surface area contributed by atoms with E-state index in [1.54, 1.807) is 17.4 Å². The zero-order valence-electron chi connectivity index (χ0n) is 10.4. The van der Waals surface area contributed by atoms with Crippen LogP contribution in [0.5, 0.6) is 5.75 Å². The molecule has 0 unspecified atom stereocenters. The normalized spacial score (nSPS) is 10.8. The number of aliphatic carboxylic acids is 1. The zero-order valence-corrected chi connectivity index (χ0v) is 11.2. The van der Waals surface area contributed by atoms with Crippen LogP contribution >= 0.6 is 11.3 Å². The lowest BCUT2D eigenvalue weighted by Gasteiger charge is -2.04. The second-order valence-corrected chi connectivity index (χ2v) is 4.95. The number of nitrogens with zero attached hydrogens (tertiary/aromatic N) is 1. The lowest BCUT2D eigenvalue weighted by atomic mass is 10.2. The molecular formula is C14H13NO3S. The molecule has 1 N–H and O–H groups in total. The van der Waals surface area contributed by atoms with E-state index >= 15 is 0 Å². The summed E-state index contributed by atoms with van der Waals surface area (Å²) in [6.45, 7) is 2.36. The molecule has 2 rings (SSSR count). The first kappa shape index (κ1) is 13.3. The van der Waals surface area contributed by atoms with Crippen LogP contribution in [-0.4, -0.2) is 16.1 Å². The fourth-order valence-corrected chi connectivity index (χ4v) is 2.10. The highest BCUT2D eigenvalue weighted by Crippen LogP contribution is 2.17. The largest absolute Gasteiger partial charge is 0.487 e. The molecule has 4 nitrogen and oxygen atoms in total. The van der Waals surface area contributed by atoms with Gasteiger partial charge in [-0.1, -0.05) is 12.1 Å². The van der Waals surface area contributed by atoms with Crippen molar-refractivity contribution < 1.29 is 14.6 Å². The maximum atomic E-state index is 10.4. The maximum absolute atomic E-state index is 10.4. The summed E-state index contributed by atoms with van der Waals surface area (Å²) in [7, 11) is 0. The Hall–Kier alpha value is -2.14. The molecule has 1 heterocycles. The number of carbonyl (C=O) groups is 1. The molecule has 0 amide bonds. The highest BCUT2D eigenvalue weighted by atomic mass is 32.1. The van der Waals surface area contributed by atoms with Crippen molar-refractivity contribution in [2.45, 2.75) is 13.5 Å². The topological polar surface area (TPSA) is 59.4 Å². The molecule has 0 saturated heterocycles. The van der Waals surface area contributed by atoms with E-state index in [2.05, 4.69) is 4.98 Å². The molecule has 1 aromatic carbocycles. The molecule has 0 radical (unpaired) electrons. The van der Waals surface area contributed by atoms with Gasteiger partial charge in [0.15, 0.2) is 0 Å². The second kappa shape index (κ2) is 6.15. The fraction of sp³-hybridized carbons (Fsp3) is 0.143. The highest BCUT2D eigenvalue weighted by Gasteiger charge is 2.00. The molecule has 1 aromatic heterocycles. The van der Waals surface area contributed by atoms with Gasteiger partial charge in [0.05, 0.1) is 10.7 Å². The Morgan fingerprint density at radius 1 is 1.53 bits per heavy atom. The van der Waals surface area contributed by atoms with Crippen LogP contribution in [0.4, 0.5) is 0 Å². The van der Waals surface area contributed by atoms with Crippen molar-refractivity contribution in [2.75, 3.05) is 0 Å². The summed E-state index contributed by atoms with van der Waals surface area (Å²) in [5, 5.41) is 11.5. The predicted molar refractivity (Wildman–Crippen MR) is 74.3 cm³/mol. The summed E-state index contributed by atoms with van der Waals surface area (Å²) >= 11 is 1.59. The van der Waals surface area contributed by atoms with Crippen LogP contribution in [0.3, 0.4) is 0 Å². The summed E-state index contributed by atoms with van der Waals surface area (Å²) in [5.74, 6) is -0.275. The second-order valence-electron chi connectivity index (χ2n) is 3.89. The third kappa shape index (κ3) is 4.22. The van der Waals surface area contributed by atoms with Crippen molar-refractivity contribution in [1.82, 2.24) is 4.98 Å². The van der Waals surface area contributed by atoms with E-state index in [9.17, 15) is 4.79 Å². The molecule has 0 spiro atoms. The van der Waals surface area contributed by atoms with E-state index in [-0.39, 0.29) is 0 Å². The minimum absolute atomic E-state index is 0.413. The zero-order chi connectivity index (χ0) is 13.7. The summed E-state index contributed by atoms with van der Waals surface area (Å²) in [4.78, 5) is 14.8. The van der Waals surface area contributed by atoms with Crippen molar-refractivity contribution in [3.8, 4) is 5.75 Å². The molecule has 0 atom stereocenters. The number of benzene rings is 1. The van der Waals surface area contributed by atoms with Crippen LogP contribution in [0.15, 0.2) is 35.7 Å². The Morgan fingerprint density at radius 3 is 3.05 bits per heavy atom. The lowest BCUT2D eigenvalue weighted by Crippen LogP contribution is -1.95. The van der Waals surface area contributed by atoms with Gasteiger partial charge in [-0.05, 0) is 30.7 Å². The first-order valence-electron chi connectivity index (χ1n) is 5.68. The van der Waals surface area contributed by atoms with Gasteiger partial charge in [0.2, 0.25) is 0 Å². The lowest BCUT2D eigenvalue weighted by molar-refractivity contribution is -0.131. The van der Waals surface area contributed by atoms with Crippen molar-refractivity contribution in [3.05, 3.63) is 52.0 Å².